The third-order valence-corrected chi connectivity index (χ3v) is 2.70. The standard InChI is InChI=1S/C15H17FN4O3S/c1-15(2,3)23-12(21)8-18-14(24)20-19-13(22)9-4-5-11(16)10(6-9)7-17/h4-6H,8H2,1-3H3,(H,19,22)(H2,18,20,24). The van der Waals surface area contributed by atoms with Crippen LogP contribution in [0.15, 0.2) is 18.2 Å². The number of esters is 1. The van der Waals surface area contributed by atoms with E-state index in [2.05, 4.69) is 16.2 Å². The number of benzene rings is 1. The van der Waals surface area contributed by atoms with Gasteiger partial charge in [-0.05, 0) is 51.2 Å². The Morgan fingerprint density at radius 2 is 2.00 bits per heavy atom. The number of nitriles is 1. The van der Waals surface area contributed by atoms with E-state index < -0.39 is 23.3 Å². The van der Waals surface area contributed by atoms with Gasteiger partial charge in [-0.25, -0.2) is 4.39 Å². The molecule has 0 radical (unpaired) electrons. The molecule has 1 rings (SSSR count). The van der Waals surface area contributed by atoms with Crippen molar-refractivity contribution in [3.8, 4) is 6.07 Å². The second kappa shape index (κ2) is 8.21. The van der Waals surface area contributed by atoms with Gasteiger partial charge in [-0.15, -0.1) is 0 Å². The number of rotatable bonds is 3. The summed E-state index contributed by atoms with van der Waals surface area (Å²) in [4.78, 5) is 23.4. The lowest BCUT2D eigenvalue weighted by Crippen LogP contribution is -2.48. The van der Waals surface area contributed by atoms with Crippen molar-refractivity contribution in [3.63, 3.8) is 0 Å². The van der Waals surface area contributed by atoms with Crippen molar-refractivity contribution in [2.24, 2.45) is 0 Å². The lowest BCUT2D eigenvalue weighted by molar-refractivity contribution is -0.153. The highest BCUT2D eigenvalue weighted by Crippen LogP contribution is 2.09. The molecule has 0 aliphatic carbocycles. The van der Waals surface area contributed by atoms with Crippen LogP contribution >= 0.6 is 12.2 Å². The second-order valence-corrected chi connectivity index (χ2v) is 6.06. The Morgan fingerprint density at radius 3 is 2.58 bits per heavy atom. The third kappa shape index (κ3) is 6.58. The van der Waals surface area contributed by atoms with Crippen molar-refractivity contribution >= 4 is 29.2 Å². The van der Waals surface area contributed by atoms with Gasteiger partial charge in [-0.3, -0.25) is 20.4 Å². The number of carbonyl (C=O) groups excluding carboxylic acids is 2. The molecule has 1 aromatic carbocycles. The second-order valence-electron chi connectivity index (χ2n) is 5.65. The predicted molar refractivity (Wildman–Crippen MR) is 88.2 cm³/mol. The van der Waals surface area contributed by atoms with Gasteiger partial charge in [0.2, 0.25) is 0 Å². The summed E-state index contributed by atoms with van der Waals surface area (Å²) in [7, 11) is 0. The fraction of sp³-hybridized carbons (Fsp3) is 0.333. The van der Waals surface area contributed by atoms with Gasteiger partial charge in [0.25, 0.3) is 5.91 Å². The summed E-state index contributed by atoms with van der Waals surface area (Å²) in [6.45, 7) is 5.04. The molecule has 7 nitrogen and oxygen atoms in total. The van der Waals surface area contributed by atoms with E-state index in [4.69, 9.17) is 22.2 Å². The molecule has 1 aromatic rings. The molecule has 0 aliphatic rings. The minimum atomic E-state index is -0.712. The van der Waals surface area contributed by atoms with Crippen molar-refractivity contribution in [1.29, 1.82) is 5.26 Å². The lowest BCUT2D eigenvalue weighted by atomic mass is 10.1. The topological polar surface area (TPSA) is 103 Å². The Hall–Kier alpha value is -2.73. The maximum absolute atomic E-state index is 13.2. The molecule has 0 heterocycles. The van der Waals surface area contributed by atoms with E-state index in [1.54, 1.807) is 26.8 Å². The van der Waals surface area contributed by atoms with Crippen molar-refractivity contribution in [3.05, 3.63) is 35.1 Å². The van der Waals surface area contributed by atoms with E-state index in [0.29, 0.717) is 0 Å². The number of hydrogen-bond acceptors (Lipinski definition) is 5. The van der Waals surface area contributed by atoms with Gasteiger partial charge in [0, 0.05) is 5.56 Å². The summed E-state index contributed by atoms with van der Waals surface area (Å²) in [6, 6.07) is 5.00. The highest BCUT2D eigenvalue weighted by atomic mass is 32.1. The third-order valence-electron chi connectivity index (χ3n) is 2.45. The first kappa shape index (κ1) is 19.3. The predicted octanol–water partition coefficient (Wildman–Crippen LogP) is 1.15. The van der Waals surface area contributed by atoms with Crippen LogP contribution < -0.4 is 16.2 Å². The van der Waals surface area contributed by atoms with Crippen LogP contribution in [0.1, 0.15) is 36.7 Å². The van der Waals surface area contributed by atoms with Gasteiger partial charge in [-0.2, -0.15) is 5.26 Å². The van der Waals surface area contributed by atoms with E-state index in [-0.39, 0.29) is 22.8 Å². The first-order chi connectivity index (χ1) is 11.1. The average Bonchev–Trinajstić information content (AvgIpc) is 2.49. The molecule has 3 N–H and O–H groups in total. The van der Waals surface area contributed by atoms with Gasteiger partial charge in [0.15, 0.2) is 5.11 Å². The quantitative estimate of drug-likeness (QED) is 0.426. The Morgan fingerprint density at radius 1 is 1.33 bits per heavy atom. The van der Waals surface area contributed by atoms with Crippen molar-refractivity contribution in [2.45, 2.75) is 26.4 Å². The molecule has 0 fully saturated rings. The zero-order valence-corrected chi connectivity index (χ0v) is 14.2. The minimum Gasteiger partial charge on any atom is -0.459 e. The zero-order valence-electron chi connectivity index (χ0n) is 13.4. The van der Waals surface area contributed by atoms with Crippen LogP contribution in [-0.4, -0.2) is 29.1 Å². The van der Waals surface area contributed by atoms with Crippen LogP contribution in [0.25, 0.3) is 0 Å². The van der Waals surface area contributed by atoms with Crippen molar-refractivity contribution in [1.82, 2.24) is 16.2 Å². The summed E-state index contributed by atoms with van der Waals surface area (Å²) in [5, 5.41) is 11.3. The molecular weight excluding hydrogens is 335 g/mol. The fourth-order valence-electron chi connectivity index (χ4n) is 1.51. The van der Waals surface area contributed by atoms with Crippen molar-refractivity contribution < 1.29 is 18.7 Å². The molecule has 0 saturated carbocycles. The van der Waals surface area contributed by atoms with E-state index in [0.717, 1.165) is 12.1 Å². The Balaban J connectivity index is 2.46. The molecule has 0 saturated heterocycles. The van der Waals surface area contributed by atoms with Crippen LogP contribution in [0.4, 0.5) is 4.39 Å². The molecule has 0 spiro atoms. The number of halogens is 1. The highest BCUT2D eigenvalue weighted by molar-refractivity contribution is 7.80. The average molecular weight is 352 g/mol. The van der Waals surface area contributed by atoms with Crippen molar-refractivity contribution in [2.75, 3.05) is 6.54 Å². The van der Waals surface area contributed by atoms with Gasteiger partial charge in [0.1, 0.15) is 24.0 Å². The molecule has 128 valence electrons. The van der Waals surface area contributed by atoms with E-state index >= 15 is 0 Å². The van der Waals surface area contributed by atoms with Crippen LogP contribution in [0.5, 0.6) is 0 Å². The SMILES string of the molecule is CC(C)(C)OC(=O)CNC(=S)NNC(=O)c1ccc(F)c(C#N)c1. The molecule has 9 heteroatoms. The monoisotopic (exact) mass is 352 g/mol. The first-order valence-corrected chi connectivity index (χ1v) is 7.29. The van der Waals surface area contributed by atoms with Gasteiger partial charge in [-0.1, -0.05) is 0 Å². The first-order valence-electron chi connectivity index (χ1n) is 6.88. The number of thiocarbonyl (C=S) groups is 1. The maximum Gasteiger partial charge on any atom is 0.325 e. The fourth-order valence-corrected chi connectivity index (χ4v) is 1.64. The largest absolute Gasteiger partial charge is 0.459 e. The summed E-state index contributed by atoms with van der Waals surface area (Å²) in [5.41, 5.74) is 3.88. The van der Waals surface area contributed by atoms with E-state index in [1.807, 2.05) is 0 Å². The van der Waals surface area contributed by atoms with Crippen LogP contribution in [0.3, 0.4) is 0 Å². The number of nitrogens with one attached hydrogen (secondary N) is 3. The number of hydrazine groups is 1. The number of nitrogens with zero attached hydrogens (tertiary/aromatic N) is 1. The highest BCUT2D eigenvalue weighted by Gasteiger charge is 2.16. The summed E-state index contributed by atoms with van der Waals surface area (Å²) >= 11 is 4.89. The lowest BCUT2D eigenvalue weighted by Gasteiger charge is -2.20. The normalized spacial score (nSPS) is 10.3. The smallest absolute Gasteiger partial charge is 0.325 e. The number of hydrogen-bond donors (Lipinski definition) is 3. The number of ether oxygens (including phenoxy) is 1. The summed E-state index contributed by atoms with van der Waals surface area (Å²) in [5.74, 6) is -1.83. The summed E-state index contributed by atoms with van der Waals surface area (Å²) < 4.78 is 18.3. The maximum atomic E-state index is 13.2. The minimum absolute atomic E-state index is 0.00294. The van der Waals surface area contributed by atoms with E-state index in [1.165, 1.54) is 6.07 Å². The molecular formula is C15H17FN4O3S. The Kier molecular flexibility index (Phi) is 6.61. The zero-order chi connectivity index (χ0) is 18.3. The van der Waals surface area contributed by atoms with Crippen LogP contribution in [-0.2, 0) is 9.53 Å². The molecule has 0 aromatic heterocycles. The molecule has 0 atom stereocenters. The molecule has 1 amide bonds. The Labute approximate surface area is 144 Å². The molecule has 24 heavy (non-hydrogen) atoms. The van der Waals surface area contributed by atoms with Crippen LogP contribution in [0.2, 0.25) is 0 Å². The molecule has 0 aliphatic heterocycles. The number of carbonyl (C=O) groups is 2. The van der Waals surface area contributed by atoms with Gasteiger partial charge >= 0.3 is 5.97 Å². The molecule has 0 unspecified atom stereocenters. The van der Waals surface area contributed by atoms with Gasteiger partial charge < -0.3 is 10.1 Å². The van der Waals surface area contributed by atoms with Gasteiger partial charge in [0.05, 0.1) is 5.56 Å². The van der Waals surface area contributed by atoms with Crippen LogP contribution in [0, 0.1) is 17.1 Å². The van der Waals surface area contributed by atoms with E-state index in [9.17, 15) is 14.0 Å². The number of amides is 1. The summed E-state index contributed by atoms with van der Waals surface area (Å²) in [6.07, 6.45) is 0. The molecule has 0 bridgehead atoms. The Bertz CT molecular complexity index is 695.